The van der Waals surface area contributed by atoms with Gasteiger partial charge in [0.05, 0.1) is 11.1 Å². The normalized spacial score (nSPS) is 15.2. The van der Waals surface area contributed by atoms with E-state index in [0.717, 1.165) is 17.1 Å². The van der Waals surface area contributed by atoms with Gasteiger partial charge in [-0.2, -0.15) is 0 Å². The second-order valence-electron chi connectivity index (χ2n) is 18.4. The van der Waals surface area contributed by atoms with Crippen LogP contribution in [0.1, 0.15) is 72.2 Å². The number of para-hydroxylation sites is 1. The Kier molecular flexibility index (Phi) is 7.91. The lowest BCUT2D eigenvalue weighted by atomic mass is 9.55. The largest absolute Gasteiger partial charge is 0.310 e. The Labute approximate surface area is 365 Å². The maximum atomic E-state index is 2.46. The molecular weight excluding hydrogens is 747 g/mol. The van der Waals surface area contributed by atoms with Crippen LogP contribution in [0.15, 0.2) is 212 Å². The van der Waals surface area contributed by atoms with Gasteiger partial charge in [0.1, 0.15) is 0 Å². The summed E-state index contributed by atoms with van der Waals surface area (Å²) in [6, 6.07) is 79.5. The van der Waals surface area contributed by atoms with Gasteiger partial charge in [0.15, 0.2) is 0 Å². The van der Waals surface area contributed by atoms with Crippen molar-refractivity contribution < 1.29 is 0 Å². The van der Waals surface area contributed by atoms with Crippen LogP contribution < -0.4 is 4.90 Å². The summed E-state index contributed by atoms with van der Waals surface area (Å²) >= 11 is 0. The van der Waals surface area contributed by atoms with Crippen LogP contribution in [-0.2, 0) is 16.2 Å². The smallest absolute Gasteiger partial charge is 0.0719 e. The highest BCUT2D eigenvalue weighted by molar-refractivity contribution is 5.97. The summed E-state index contributed by atoms with van der Waals surface area (Å²) in [5.41, 5.74) is 23.9. The van der Waals surface area contributed by atoms with Crippen LogP contribution in [0.4, 0.5) is 17.1 Å². The Morgan fingerprint density at radius 2 is 0.758 bits per heavy atom. The standard InChI is InChI=1S/C61H47N/c1-59(2)49-25-11-8-22-46(49)47-38-37-43(39-56(47)59)62(57-32-17-10-21-44(57)40-19-6-5-7-20-40)42-35-33-41(34-36-42)45-24-18-31-55-58(45)48-23-9-12-26-50(48)61(55)53-29-15-13-27-51(53)60(3,4)52-28-14-16-30-54(52)61/h5-39H,1-4H3. The zero-order chi connectivity index (χ0) is 41.8. The fraction of sp³-hybridized carbons (Fsp3) is 0.115. The van der Waals surface area contributed by atoms with E-state index in [1.807, 2.05) is 0 Å². The van der Waals surface area contributed by atoms with Crippen molar-refractivity contribution in [2.75, 3.05) is 4.90 Å². The van der Waals surface area contributed by atoms with Crippen molar-refractivity contribution >= 4 is 17.1 Å². The fourth-order valence-electron chi connectivity index (χ4n) is 11.7. The van der Waals surface area contributed by atoms with E-state index in [1.54, 1.807) is 0 Å². The van der Waals surface area contributed by atoms with Gasteiger partial charge in [-0.15, -0.1) is 0 Å². The lowest BCUT2D eigenvalue weighted by Crippen LogP contribution is -2.40. The molecule has 0 unspecified atom stereocenters. The minimum atomic E-state index is -0.427. The third-order valence-corrected chi connectivity index (χ3v) is 14.6. The zero-order valence-electron chi connectivity index (χ0n) is 35.7. The van der Waals surface area contributed by atoms with E-state index in [1.165, 1.54) is 89.0 Å². The molecule has 1 nitrogen and oxygen atoms in total. The van der Waals surface area contributed by atoms with Crippen molar-refractivity contribution in [3.05, 3.63) is 257 Å². The quantitative estimate of drug-likeness (QED) is 0.168. The Hall–Kier alpha value is -7.22. The topological polar surface area (TPSA) is 3.24 Å². The molecule has 12 rings (SSSR count). The molecule has 0 atom stereocenters. The monoisotopic (exact) mass is 793 g/mol. The lowest BCUT2D eigenvalue weighted by Gasteiger charge is -2.46. The summed E-state index contributed by atoms with van der Waals surface area (Å²) < 4.78 is 0. The predicted octanol–water partition coefficient (Wildman–Crippen LogP) is 15.8. The lowest BCUT2D eigenvalue weighted by molar-refractivity contribution is 0.563. The van der Waals surface area contributed by atoms with Gasteiger partial charge in [0.2, 0.25) is 0 Å². The van der Waals surface area contributed by atoms with E-state index in [0.29, 0.717) is 0 Å². The highest BCUT2D eigenvalue weighted by Gasteiger charge is 2.53. The molecule has 9 aromatic carbocycles. The number of hydrogen-bond acceptors (Lipinski definition) is 1. The molecular formula is C61H47N. The van der Waals surface area contributed by atoms with Crippen LogP contribution in [0, 0.1) is 0 Å². The molecule has 0 N–H and O–H groups in total. The predicted molar refractivity (Wildman–Crippen MR) is 259 cm³/mol. The third kappa shape index (κ3) is 4.97. The molecule has 296 valence electrons. The molecule has 1 heteroatoms. The van der Waals surface area contributed by atoms with Crippen molar-refractivity contribution in [1.82, 2.24) is 0 Å². The van der Waals surface area contributed by atoms with Gasteiger partial charge in [-0.3, -0.25) is 0 Å². The van der Waals surface area contributed by atoms with Gasteiger partial charge >= 0.3 is 0 Å². The fourth-order valence-corrected chi connectivity index (χ4v) is 11.7. The first kappa shape index (κ1) is 36.6. The summed E-state index contributed by atoms with van der Waals surface area (Å²) in [7, 11) is 0. The number of fused-ring (bicyclic) bond motifs is 12. The second kappa shape index (κ2) is 13.4. The number of anilines is 3. The summed E-state index contributed by atoms with van der Waals surface area (Å²) in [4.78, 5) is 2.46. The molecule has 0 saturated heterocycles. The first-order valence-corrected chi connectivity index (χ1v) is 22.0. The molecule has 0 aliphatic heterocycles. The summed E-state index contributed by atoms with van der Waals surface area (Å²) in [6.45, 7) is 9.51. The average molecular weight is 794 g/mol. The first-order chi connectivity index (χ1) is 30.3. The van der Waals surface area contributed by atoms with Gasteiger partial charge in [0.25, 0.3) is 0 Å². The SMILES string of the molecule is CC1(C)c2ccccc2-c2ccc(N(c3ccc(-c4cccc5c4-c4ccccc4C54c5ccccc5C(C)(C)c5ccccc54)cc3)c3ccccc3-c3ccccc3)cc21. The highest BCUT2D eigenvalue weighted by atomic mass is 15.1. The molecule has 0 amide bonds. The van der Waals surface area contributed by atoms with Crippen molar-refractivity contribution in [1.29, 1.82) is 0 Å². The van der Waals surface area contributed by atoms with Gasteiger partial charge < -0.3 is 4.90 Å². The van der Waals surface area contributed by atoms with Crippen LogP contribution in [-0.4, -0.2) is 0 Å². The summed E-state index contributed by atoms with van der Waals surface area (Å²) in [5, 5.41) is 0. The number of rotatable bonds is 5. The molecule has 0 heterocycles. The molecule has 0 aromatic heterocycles. The van der Waals surface area contributed by atoms with Crippen molar-refractivity contribution in [3.8, 4) is 44.5 Å². The molecule has 9 aromatic rings. The van der Waals surface area contributed by atoms with Crippen LogP contribution in [0.5, 0.6) is 0 Å². The van der Waals surface area contributed by atoms with Crippen molar-refractivity contribution in [3.63, 3.8) is 0 Å². The maximum Gasteiger partial charge on any atom is 0.0719 e. The molecule has 62 heavy (non-hydrogen) atoms. The minimum Gasteiger partial charge on any atom is -0.310 e. The molecule has 0 saturated carbocycles. The van der Waals surface area contributed by atoms with Gasteiger partial charge in [-0.05, 0) is 114 Å². The molecule has 0 fully saturated rings. The van der Waals surface area contributed by atoms with E-state index in [9.17, 15) is 0 Å². The Balaban J connectivity index is 1.04. The van der Waals surface area contributed by atoms with Gasteiger partial charge in [-0.1, -0.05) is 210 Å². The van der Waals surface area contributed by atoms with Gasteiger partial charge in [-0.25, -0.2) is 0 Å². The summed E-state index contributed by atoms with van der Waals surface area (Å²) in [5.74, 6) is 0. The molecule has 1 spiro atoms. The number of benzene rings is 9. The van der Waals surface area contributed by atoms with E-state index in [2.05, 4.69) is 245 Å². The van der Waals surface area contributed by atoms with Crippen LogP contribution in [0.2, 0.25) is 0 Å². The van der Waals surface area contributed by atoms with E-state index >= 15 is 0 Å². The molecule has 3 aliphatic carbocycles. The summed E-state index contributed by atoms with van der Waals surface area (Å²) in [6.07, 6.45) is 0. The molecule has 3 aliphatic rings. The van der Waals surface area contributed by atoms with E-state index in [-0.39, 0.29) is 10.8 Å². The van der Waals surface area contributed by atoms with Crippen LogP contribution in [0.25, 0.3) is 44.5 Å². The van der Waals surface area contributed by atoms with Gasteiger partial charge in [0, 0.05) is 27.8 Å². The van der Waals surface area contributed by atoms with Crippen LogP contribution in [0.3, 0.4) is 0 Å². The molecule has 0 radical (unpaired) electrons. The third-order valence-electron chi connectivity index (χ3n) is 14.6. The van der Waals surface area contributed by atoms with Crippen LogP contribution >= 0.6 is 0 Å². The Bertz CT molecular complexity index is 3190. The van der Waals surface area contributed by atoms with Crippen molar-refractivity contribution in [2.45, 2.75) is 43.9 Å². The maximum absolute atomic E-state index is 2.46. The number of nitrogens with zero attached hydrogens (tertiary/aromatic N) is 1. The Morgan fingerprint density at radius 3 is 1.45 bits per heavy atom. The average Bonchev–Trinajstić information content (AvgIpc) is 3.75. The molecule has 0 bridgehead atoms. The van der Waals surface area contributed by atoms with E-state index in [4.69, 9.17) is 0 Å². The Morgan fingerprint density at radius 1 is 0.290 bits per heavy atom. The number of hydrogen-bond donors (Lipinski definition) is 0. The minimum absolute atomic E-state index is 0.118. The first-order valence-electron chi connectivity index (χ1n) is 22.0. The van der Waals surface area contributed by atoms with Crippen molar-refractivity contribution in [2.24, 2.45) is 0 Å². The zero-order valence-corrected chi connectivity index (χ0v) is 35.7. The van der Waals surface area contributed by atoms with E-state index < -0.39 is 5.41 Å². The highest BCUT2D eigenvalue weighted by Crippen LogP contribution is 2.63. The second-order valence-corrected chi connectivity index (χ2v) is 18.4.